The molecule has 0 aromatic heterocycles. The Hall–Kier alpha value is -1.84. The number of hydrogen-bond acceptors (Lipinski definition) is 3. The Kier molecular flexibility index (Phi) is 2.64. The maximum Gasteiger partial charge on any atom is 0.289 e. The molecule has 4 heteroatoms. The van der Waals surface area contributed by atoms with Crippen LogP contribution in [0.15, 0.2) is 24.3 Å². The summed E-state index contributed by atoms with van der Waals surface area (Å²) in [4.78, 5) is 21.6. The van der Waals surface area contributed by atoms with Crippen molar-refractivity contribution in [3.63, 3.8) is 0 Å². The molecule has 0 aliphatic heterocycles. The minimum Gasteiger partial charge on any atom is -0.497 e. The fraction of sp³-hybridized carbons (Fsp3) is 0.111. The van der Waals surface area contributed by atoms with Crippen LogP contribution in [-0.2, 0) is 4.79 Å². The van der Waals surface area contributed by atoms with Crippen molar-refractivity contribution in [1.29, 1.82) is 0 Å². The first-order valence-corrected chi connectivity index (χ1v) is 3.63. The maximum atomic E-state index is 11.1. The van der Waals surface area contributed by atoms with E-state index in [0.717, 1.165) is 0 Å². The highest BCUT2D eigenvalue weighted by molar-refractivity contribution is 6.42. The molecule has 0 aliphatic carbocycles. The van der Waals surface area contributed by atoms with Crippen LogP contribution in [0.3, 0.4) is 0 Å². The highest BCUT2D eigenvalue weighted by atomic mass is 16.5. The largest absolute Gasteiger partial charge is 0.497 e. The highest BCUT2D eigenvalue weighted by Gasteiger charge is 2.11. The Bertz CT molecular complexity index is 346. The van der Waals surface area contributed by atoms with Crippen LogP contribution in [0.1, 0.15) is 10.4 Å². The standard InChI is InChI=1S/C9H9NO3/c1-13-7-4-2-3-6(5-7)8(11)9(10)12/h2-5H,1H3,(H2,10,12). The summed E-state index contributed by atoms with van der Waals surface area (Å²) >= 11 is 0. The first-order valence-electron chi connectivity index (χ1n) is 3.63. The summed E-state index contributed by atoms with van der Waals surface area (Å²) in [6.07, 6.45) is 0. The van der Waals surface area contributed by atoms with Crippen molar-refractivity contribution in [1.82, 2.24) is 0 Å². The van der Waals surface area contributed by atoms with Gasteiger partial charge < -0.3 is 10.5 Å². The summed E-state index contributed by atoms with van der Waals surface area (Å²) in [7, 11) is 1.48. The van der Waals surface area contributed by atoms with Crippen molar-refractivity contribution in [2.45, 2.75) is 0 Å². The number of nitrogens with two attached hydrogens (primary N) is 1. The molecule has 0 saturated carbocycles. The van der Waals surface area contributed by atoms with Gasteiger partial charge in [-0.2, -0.15) is 0 Å². The van der Waals surface area contributed by atoms with Gasteiger partial charge in [-0.1, -0.05) is 12.1 Å². The second kappa shape index (κ2) is 3.71. The Morgan fingerprint density at radius 3 is 2.62 bits per heavy atom. The molecule has 0 aliphatic rings. The van der Waals surface area contributed by atoms with E-state index in [1.165, 1.54) is 19.2 Å². The molecule has 1 rings (SSSR count). The predicted molar refractivity (Wildman–Crippen MR) is 46.5 cm³/mol. The van der Waals surface area contributed by atoms with Crippen molar-refractivity contribution < 1.29 is 14.3 Å². The molecule has 0 unspecified atom stereocenters. The van der Waals surface area contributed by atoms with Crippen LogP contribution in [0.5, 0.6) is 5.75 Å². The Balaban J connectivity index is 3.02. The van der Waals surface area contributed by atoms with Crippen molar-refractivity contribution in [3.8, 4) is 5.75 Å². The molecule has 0 atom stereocenters. The highest BCUT2D eigenvalue weighted by Crippen LogP contribution is 2.12. The molecule has 1 aromatic carbocycles. The van der Waals surface area contributed by atoms with Crippen LogP contribution in [0.4, 0.5) is 0 Å². The molecule has 2 N–H and O–H groups in total. The normalized spacial score (nSPS) is 9.31. The third kappa shape index (κ3) is 2.05. The molecule has 4 nitrogen and oxygen atoms in total. The van der Waals surface area contributed by atoms with Gasteiger partial charge >= 0.3 is 0 Å². The van der Waals surface area contributed by atoms with E-state index < -0.39 is 11.7 Å². The fourth-order valence-corrected chi connectivity index (χ4v) is 0.907. The van der Waals surface area contributed by atoms with Gasteiger partial charge in [-0.3, -0.25) is 9.59 Å². The number of methoxy groups -OCH3 is 1. The lowest BCUT2D eigenvalue weighted by Crippen LogP contribution is -2.22. The number of ketones is 1. The molecule has 1 amide bonds. The zero-order chi connectivity index (χ0) is 9.84. The van der Waals surface area contributed by atoms with Crippen molar-refractivity contribution in [2.75, 3.05) is 7.11 Å². The summed E-state index contributed by atoms with van der Waals surface area (Å²) < 4.78 is 4.88. The van der Waals surface area contributed by atoms with E-state index >= 15 is 0 Å². The predicted octanol–water partition coefficient (Wildman–Crippen LogP) is 0.363. The SMILES string of the molecule is COc1cccc(C(=O)C(N)=O)c1. The van der Waals surface area contributed by atoms with E-state index in [0.29, 0.717) is 5.75 Å². The van der Waals surface area contributed by atoms with Gasteiger partial charge in [-0.25, -0.2) is 0 Å². The van der Waals surface area contributed by atoms with E-state index in [4.69, 9.17) is 10.5 Å². The summed E-state index contributed by atoms with van der Waals surface area (Å²) in [6, 6.07) is 6.27. The number of amides is 1. The number of carbonyl (C=O) groups excluding carboxylic acids is 2. The lowest BCUT2D eigenvalue weighted by Gasteiger charge is -2.00. The first-order chi connectivity index (χ1) is 6.15. The quantitative estimate of drug-likeness (QED) is 0.538. The molecule has 0 saturated heterocycles. The Morgan fingerprint density at radius 1 is 1.38 bits per heavy atom. The average molecular weight is 179 g/mol. The smallest absolute Gasteiger partial charge is 0.289 e. The zero-order valence-corrected chi connectivity index (χ0v) is 7.11. The molecule has 0 radical (unpaired) electrons. The Labute approximate surface area is 75.3 Å². The average Bonchev–Trinajstić information content (AvgIpc) is 2.16. The second-order valence-electron chi connectivity index (χ2n) is 2.43. The summed E-state index contributed by atoms with van der Waals surface area (Å²) in [5, 5.41) is 0. The zero-order valence-electron chi connectivity index (χ0n) is 7.11. The van der Waals surface area contributed by atoms with Crippen LogP contribution < -0.4 is 10.5 Å². The first kappa shape index (κ1) is 9.25. The van der Waals surface area contributed by atoms with Gasteiger partial charge in [-0.15, -0.1) is 0 Å². The lowest BCUT2D eigenvalue weighted by atomic mass is 10.1. The maximum absolute atomic E-state index is 11.1. The molecule has 0 bridgehead atoms. The number of ether oxygens (including phenoxy) is 1. The van der Waals surface area contributed by atoms with Crippen LogP contribution in [0.25, 0.3) is 0 Å². The van der Waals surface area contributed by atoms with E-state index in [1.807, 2.05) is 0 Å². The van der Waals surface area contributed by atoms with Gasteiger partial charge in [0.15, 0.2) is 0 Å². The fourth-order valence-electron chi connectivity index (χ4n) is 0.907. The van der Waals surface area contributed by atoms with E-state index in [2.05, 4.69) is 0 Å². The minimum atomic E-state index is -0.965. The Morgan fingerprint density at radius 2 is 2.08 bits per heavy atom. The number of primary amides is 1. The molecule has 0 heterocycles. The van der Waals surface area contributed by atoms with Gasteiger partial charge in [0.05, 0.1) is 7.11 Å². The van der Waals surface area contributed by atoms with Crippen LogP contribution >= 0.6 is 0 Å². The number of carbonyl (C=O) groups is 2. The van der Waals surface area contributed by atoms with Crippen LogP contribution in [-0.4, -0.2) is 18.8 Å². The molecular weight excluding hydrogens is 170 g/mol. The molecule has 13 heavy (non-hydrogen) atoms. The monoisotopic (exact) mass is 179 g/mol. The summed E-state index contributed by atoms with van der Waals surface area (Å²) in [5.74, 6) is -1.15. The van der Waals surface area contributed by atoms with Crippen molar-refractivity contribution in [3.05, 3.63) is 29.8 Å². The third-order valence-corrected chi connectivity index (χ3v) is 1.56. The van der Waals surface area contributed by atoms with E-state index in [9.17, 15) is 9.59 Å². The van der Waals surface area contributed by atoms with Crippen LogP contribution in [0, 0.1) is 0 Å². The third-order valence-electron chi connectivity index (χ3n) is 1.56. The molecule has 0 fully saturated rings. The molecule has 68 valence electrons. The topological polar surface area (TPSA) is 69.4 Å². The lowest BCUT2D eigenvalue weighted by molar-refractivity contribution is -0.114. The summed E-state index contributed by atoms with van der Waals surface area (Å²) in [6.45, 7) is 0. The summed E-state index contributed by atoms with van der Waals surface area (Å²) in [5.41, 5.74) is 5.07. The molecule has 0 spiro atoms. The van der Waals surface area contributed by atoms with Crippen molar-refractivity contribution >= 4 is 11.7 Å². The molecular formula is C9H9NO3. The number of rotatable bonds is 3. The van der Waals surface area contributed by atoms with Gasteiger partial charge in [0.2, 0.25) is 5.78 Å². The molecule has 1 aromatic rings. The van der Waals surface area contributed by atoms with Crippen molar-refractivity contribution in [2.24, 2.45) is 5.73 Å². The van der Waals surface area contributed by atoms with Gasteiger partial charge in [0.25, 0.3) is 5.91 Å². The van der Waals surface area contributed by atoms with Crippen LogP contribution in [0.2, 0.25) is 0 Å². The van der Waals surface area contributed by atoms with Gasteiger partial charge in [-0.05, 0) is 12.1 Å². The van der Waals surface area contributed by atoms with Gasteiger partial charge in [0.1, 0.15) is 5.75 Å². The minimum absolute atomic E-state index is 0.242. The number of hydrogen-bond donors (Lipinski definition) is 1. The van der Waals surface area contributed by atoms with Gasteiger partial charge in [0, 0.05) is 5.56 Å². The number of Topliss-reactive ketones (excluding diaryl/α,β-unsaturated/α-hetero) is 1. The van der Waals surface area contributed by atoms with E-state index in [1.54, 1.807) is 12.1 Å². The van der Waals surface area contributed by atoms with E-state index in [-0.39, 0.29) is 5.56 Å². The number of benzene rings is 1. The second-order valence-corrected chi connectivity index (χ2v) is 2.43.